The van der Waals surface area contributed by atoms with Crippen molar-refractivity contribution >= 4 is 17.2 Å². The second-order valence-electron chi connectivity index (χ2n) is 5.21. The molecule has 98 valence electrons. The third kappa shape index (κ3) is 2.16. The van der Waals surface area contributed by atoms with Crippen molar-refractivity contribution in [1.82, 2.24) is 4.98 Å². The predicted molar refractivity (Wildman–Crippen MR) is 79.9 cm³/mol. The van der Waals surface area contributed by atoms with Crippen LogP contribution in [0.5, 0.6) is 0 Å². The molecule has 2 N–H and O–H groups in total. The number of hydrogen-bond acceptors (Lipinski definition) is 3. The summed E-state index contributed by atoms with van der Waals surface area (Å²) in [5, 5.41) is 0. The van der Waals surface area contributed by atoms with Crippen LogP contribution in [0.25, 0.3) is 0 Å². The lowest BCUT2D eigenvalue weighted by atomic mass is 10.1. The number of hydrogen-bond donors (Lipinski definition) is 1. The van der Waals surface area contributed by atoms with Gasteiger partial charge in [0, 0.05) is 12.7 Å². The lowest BCUT2D eigenvalue weighted by Crippen LogP contribution is -2.12. The Hall–Kier alpha value is -2.03. The quantitative estimate of drug-likeness (QED) is 0.893. The molecule has 1 aromatic carbocycles. The molecule has 0 amide bonds. The van der Waals surface area contributed by atoms with Crippen LogP contribution in [0.3, 0.4) is 0 Å². The second kappa shape index (κ2) is 4.57. The monoisotopic (exact) mass is 253 g/mol. The van der Waals surface area contributed by atoms with E-state index >= 15 is 0 Å². The zero-order valence-electron chi connectivity index (χ0n) is 11.5. The maximum Gasteiger partial charge on any atom is 0.133 e. The molecule has 0 spiro atoms. The number of aromatic nitrogens is 1. The van der Waals surface area contributed by atoms with E-state index in [-0.39, 0.29) is 0 Å². The minimum absolute atomic E-state index is 0.742. The van der Waals surface area contributed by atoms with Gasteiger partial charge in [-0.3, -0.25) is 0 Å². The Morgan fingerprint density at radius 2 is 1.89 bits per heavy atom. The van der Waals surface area contributed by atoms with Crippen LogP contribution in [-0.4, -0.2) is 12.0 Å². The van der Waals surface area contributed by atoms with Gasteiger partial charge >= 0.3 is 0 Å². The van der Waals surface area contributed by atoms with E-state index in [4.69, 9.17) is 5.73 Å². The van der Waals surface area contributed by atoms with E-state index in [0.717, 1.165) is 17.2 Å². The Labute approximate surface area is 114 Å². The van der Waals surface area contributed by atoms with Crippen LogP contribution in [0.4, 0.5) is 17.2 Å². The van der Waals surface area contributed by atoms with Gasteiger partial charge in [-0.2, -0.15) is 0 Å². The van der Waals surface area contributed by atoms with E-state index in [0.29, 0.717) is 0 Å². The number of fused-ring (bicyclic) bond motifs is 1. The summed E-state index contributed by atoms with van der Waals surface area (Å²) in [6, 6.07) is 10.6. The topological polar surface area (TPSA) is 42.2 Å². The molecule has 3 nitrogen and oxygen atoms in total. The summed E-state index contributed by atoms with van der Waals surface area (Å²) in [5.74, 6) is 0.935. The molecule has 19 heavy (non-hydrogen) atoms. The molecule has 1 heterocycles. The van der Waals surface area contributed by atoms with Gasteiger partial charge in [0.1, 0.15) is 5.82 Å². The van der Waals surface area contributed by atoms with Gasteiger partial charge < -0.3 is 10.6 Å². The molecule has 0 unspecified atom stereocenters. The first kappa shape index (κ1) is 12.0. The highest BCUT2D eigenvalue weighted by Crippen LogP contribution is 2.29. The highest BCUT2D eigenvalue weighted by Gasteiger charge is 2.13. The van der Waals surface area contributed by atoms with Crippen molar-refractivity contribution in [3.05, 3.63) is 47.2 Å². The molecule has 0 atom stereocenters. The van der Waals surface area contributed by atoms with E-state index in [1.54, 1.807) is 0 Å². The summed E-state index contributed by atoms with van der Waals surface area (Å²) in [6.45, 7) is 1.94. The zero-order valence-corrected chi connectivity index (χ0v) is 11.5. The Kier molecular flexibility index (Phi) is 2.90. The van der Waals surface area contributed by atoms with Crippen LogP contribution in [0.15, 0.2) is 30.3 Å². The van der Waals surface area contributed by atoms with Gasteiger partial charge in [-0.15, -0.1) is 0 Å². The average Bonchev–Trinajstić information content (AvgIpc) is 2.88. The number of nitrogen functional groups attached to an aromatic ring is 1. The molecule has 2 aromatic rings. The molecule has 0 aliphatic heterocycles. The van der Waals surface area contributed by atoms with Gasteiger partial charge in [0.15, 0.2) is 0 Å². The lowest BCUT2D eigenvalue weighted by molar-refractivity contribution is 0.911. The zero-order chi connectivity index (χ0) is 13.4. The molecule has 0 saturated carbocycles. The molecule has 0 saturated heterocycles. The van der Waals surface area contributed by atoms with E-state index in [9.17, 15) is 0 Å². The maximum absolute atomic E-state index is 5.82. The fourth-order valence-electron chi connectivity index (χ4n) is 2.64. The van der Waals surface area contributed by atoms with Gasteiger partial charge in [0.05, 0.1) is 11.4 Å². The first-order chi connectivity index (χ1) is 9.15. The van der Waals surface area contributed by atoms with Gasteiger partial charge in [-0.1, -0.05) is 6.07 Å². The van der Waals surface area contributed by atoms with Crippen molar-refractivity contribution in [2.75, 3.05) is 17.7 Å². The summed E-state index contributed by atoms with van der Waals surface area (Å²) in [5.41, 5.74) is 11.6. The number of anilines is 3. The number of pyridine rings is 1. The Morgan fingerprint density at radius 3 is 2.68 bits per heavy atom. The summed E-state index contributed by atoms with van der Waals surface area (Å²) in [4.78, 5) is 6.66. The van der Waals surface area contributed by atoms with Crippen LogP contribution in [0, 0.1) is 6.92 Å². The minimum atomic E-state index is 0.742. The first-order valence-corrected chi connectivity index (χ1v) is 6.74. The van der Waals surface area contributed by atoms with Crippen molar-refractivity contribution in [2.24, 2.45) is 0 Å². The van der Waals surface area contributed by atoms with Crippen molar-refractivity contribution in [1.29, 1.82) is 0 Å². The third-order valence-corrected chi connectivity index (χ3v) is 3.93. The molecular formula is C16H19N3. The molecular weight excluding hydrogens is 234 g/mol. The van der Waals surface area contributed by atoms with Crippen LogP contribution in [0.1, 0.15) is 23.2 Å². The largest absolute Gasteiger partial charge is 0.397 e. The number of benzene rings is 1. The van der Waals surface area contributed by atoms with Crippen molar-refractivity contribution in [3.63, 3.8) is 0 Å². The third-order valence-electron chi connectivity index (χ3n) is 3.93. The maximum atomic E-state index is 5.82. The van der Waals surface area contributed by atoms with Crippen molar-refractivity contribution < 1.29 is 0 Å². The Bertz CT molecular complexity index is 619. The highest BCUT2D eigenvalue weighted by molar-refractivity contribution is 5.63. The normalized spacial score (nSPS) is 13.4. The molecule has 3 heteroatoms. The standard InChI is InChI=1S/C16H19N3/c1-11-15(17)8-9-16(18-11)19(2)14-7-6-12-4-3-5-13(12)10-14/h6-10H,3-5,17H2,1-2H3. The molecule has 3 rings (SSSR count). The Balaban J connectivity index is 1.94. The number of nitrogens with zero attached hydrogens (tertiary/aromatic N) is 2. The minimum Gasteiger partial charge on any atom is -0.397 e. The Morgan fingerprint density at radius 1 is 1.11 bits per heavy atom. The van der Waals surface area contributed by atoms with Gasteiger partial charge in [0.2, 0.25) is 0 Å². The van der Waals surface area contributed by atoms with Crippen LogP contribution < -0.4 is 10.6 Å². The van der Waals surface area contributed by atoms with E-state index in [1.807, 2.05) is 19.1 Å². The smallest absolute Gasteiger partial charge is 0.133 e. The van der Waals surface area contributed by atoms with Crippen LogP contribution in [0.2, 0.25) is 0 Å². The SMILES string of the molecule is Cc1nc(N(C)c2ccc3c(c2)CCC3)ccc1N. The van der Waals surface area contributed by atoms with Crippen molar-refractivity contribution in [2.45, 2.75) is 26.2 Å². The summed E-state index contributed by atoms with van der Waals surface area (Å²) in [7, 11) is 2.05. The van der Waals surface area contributed by atoms with Crippen LogP contribution >= 0.6 is 0 Å². The number of nitrogens with two attached hydrogens (primary N) is 1. The molecule has 0 radical (unpaired) electrons. The molecule has 0 fully saturated rings. The predicted octanol–water partition coefficient (Wildman–Crippen LogP) is 3.23. The number of aryl methyl sites for hydroxylation is 3. The van der Waals surface area contributed by atoms with Crippen molar-refractivity contribution in [3.8, 4) is 0 Å². The summed E-state index contributed by atoms with van der Waals surface area (Å²) < 4.78 is 0. The summed E-state index contributed by atoms with van der Waals surface area (Å²) in [6.07, 6.45) is 3.70. The second-order valence-corrected chi connectivity index (χ2v) is 5.21. The fraction of sp³-hybridized carbons (Fsp3) is 0.312. The number of rotatable bonds is 2. The van der Waals surface area contributed by atoms with E-state index < -0.39 is 0 Å². The van der Waals surface area contributed by atoms with Crippen LogP contribution in [-0.2, 0) is 12.8 Å². The fourth-order valence-corrected chi connectivity index (χ4v) is 2.64. The molecule has 1 aromatic heterocycles. The molecule has 0 bridgehead atoms. The summed E-state index contributed by atoms with van der Waals surface area (Å²) >= 11 is 0. The van der Waals surface area contributed by atoms with Gasteiger partial charge in [-0.05, 0) is 61.6 Å². The van der Waals surface area contributed by atoms with E-state index in [1.165, 1.54) is 36.1 Å². The van der Waals surface area contributed by atoms with Gasteiger partial charge in [-0.25, -0.2) is 4.98 Å². The highest BCUT2D eigenvalue weighted by atomic mass is 15.2. The van der Waals surface area contributed by atoms with E-state index in [2.05, 4.69) is 35.1 Å². The first-order valence-electron chi connectivity index (χ1n) is 6.74. The lowest BCUT2D eigenvalue weighted by Gasteiger charge is -2.20. The molecule has 1 aliphatic rings. The average molecular weight is 253 g/mol. The molecule has 1 aliphatic carbocycles. The van der Waals surface area contributed by atoms with Gasteiger partial charge in [0.25, 0.3) is 0 Å².